The fraction of sp³-hybridized carbons (Fsp3) is 0.250. The van der Waals surface area contributed by atoms with E-state index < -0.39 is 12.0 Å². The molecule has 0 radical (unpaired) electrons. The Bertz CT molecular complexity index is 1100. The first-order chi connectivity index (χ1) is 17.0. The highest BCUT2D eigenvalue weighted by atomic mass is 16.5. The molecule has 3 aromatic rings. The van der Waals surface area contributed by atoms with Crippen LogP contribution >= 0.6 is 0 Å². The van der Waals surface area contributed by atoms with Gasteiger partial charge in [0.2, 0.25) is 0 Å². The van der Waals surface area contributed by atoms with Crippen LogP contribution < -0.4 is 10.1 Å². The second-order valence-electron chi connectivity index (χ2n) is 7.99. The summed E-state index contributed by atoms with van der Waals surface area (Å²) in [7, 11) is 1.65. The van der Waals surface area contributed by atoms with Crippen LogP contribution in [0.2, 0.25) is 0 Å². The van der Waals surface area contributed by atoms with Crippen molar-refractivity contribution in [2.45, 2.75) is 25.9 Å². The standard InChI is InChI=1S/C28H30N2O5/c1-3-34-24-16-14-21(15-17-24)19-30(2)26(31)20-35-27(32)18-25(22-10-6-4-7-11-22)29-28(33)23-12-8-5-9-13-23/h4-17,25H,3,18-20H2,1-2H3,(H,29,33). The zero-order valence-electron chi connectivity index (χ0n) is 20.0. The van der Waals surface area contributed by atoms with Crippen molar-refractivity contribution in [1.82, 2.24) is 10.2 Å². The van der Waals surface area contributed by atoms with Crippen LogP contribution in [-0.2, 0) is 20.9 Å². The molecule has 182 valence electrons. The number of benzene rings is 3. The van der Waals surface area contributed by atoms with Crippen LogP contribution in [-0.4, -0.2) is 42.9 Å². The Kier molecular flexibility index (Phi) is 9.42. The van der Waals surface area contributed by atoms with Gasteiger partial charge in [-0.15, -0.1) is 0 Å². The van der Waals surface area contributed by atoms with Crippen LogP contribution in [0.1, 0.15) is 40.9 Å². The SMILES string of the molecule is CCOc1ccc(CN(C)C(=O)COC(=O)CC(NC(=O)c2ccccc2)c2ccccc2)cc1. The van der Waals surface area contributed by atoms with Gasteiger partial charge in [0.05, 0.1) is 19.1 Å². The number of hydrogen-bond donors (Lipinski definition) is 1. The summed E-state index contributed by atoms with van der Waals surface area (Å²) in [6, 6.07) is 24.9. The molecule has 35 heavy (non-hydrogen) atoms. The second kappa shape index (κ2) is 12.9. The third kappa shape index (κ3) is 7.99. The van der Waals surface area contributed by atoms with Crippen molar-refractivity contribution in [2.24, 2.45) is 0 Å². The Morgan fingerprint density at radius 1 is 0.886 bits per heavy atom. The van der Waals surface area contributed by atoms with E-state index in [-0.39, 0.29) is 24.8 Å². The van der Waals surface area contributed by atoms with E-state index in [2.05, 4.69) is 5.32 Å². The summed E-state index contributed by atoms with van der Waals surface area (Å²) < 4.78 is 10.7. The molecule has 0 heterocycles. The van der Waals surface area contributed by atoms with Gasteiger partial charge in [0, 0.05) is 19.2 Å². The molecule has 1 unspecified atom stereocenters. The van der Waals surface area contributed by atoms with E-state index in [1.165, 1.54) is 4.90 Å². The predicted octanol–water partition coefficient (Wildman–Crippen LogP) is 4.15. The number of nitrogens with one attached hydrogen (secondary N) is 1. The predicted molar refractivity (Wildman–Crippen MR) is 133 cm³/mol. The summed E-state index contributed by atoms with van der Waals surface area (Å²) in [4.78, 5) is 39.2. The van der Waals surface area contributed by atoms with Gasteiger partial charge < -0.3 is 19.7 Å². The molecule has 0 spiro atoms. The molecular weight excluding hydrogens is 444 g/mol. The van der Waals surface area contributed by atoms with E-state index in [1.807, 2.05) is 67.6 Å². The van der Waals surface area contributed by atoms with Crippen LogP contribution in [0, 0.1) is 0 Å². The van der Waals surface area contributed by atoms with Crippen LogP contribution in [0.4, 0.5) is 0 Å². The van der Waals surface area contributed by atoms with Gasteiger partial charge in [-0.05, 0) is 42.3 Å². The van der Waals surface area contributed by atoms with E-state index in [4.69, 9.17) is 9.47 Å². The third-order valence-electron chi connectivity index (χ3n) is 5.35. The lowest BCUT2D eigenvalue weighted by molar-refractivity contribution is -0.152. The summed E-state index contributed by atoms with van der Waals surface area (Å²) in [5.41, 5.74) is 2.20. The zero-order valence-corrected chi connectivity index (χ0v) is 20.0. The monoisotopic (exact) mass is 474 g/mol. The first-order valence-electron chi connectivity index (χ1n) is 11.5. The molecule has 1 N–H and O–H groups in total. The van der Waals surface area contributed by atoms with Gasteiger partial charge in [0.25, 0.3) is 11.8 Å². The third-order valence-corrected chi connectivity index (χ3v) is 5.35. The molecule has 7 heteroatoms. The molecule has 7 nitrogen and oxygen atoms in total. The molecular formula is C28H30N2O5. The number of nitrogens with zero attached hydrogens (tertiary/aromatic N) is 1. The topological polar surface area (TPSA) is 84.9 Å². The smallest absolute Gasteiger partial charge is 0.308 e. The van der Waals surface area contributed by atoms with Crippen LogP contribution in [0.25, 0.3) is 0 Å². The summed E-state index contributed by atoms with van der Waals surface area (Å²) in [5, 5.41) is 2.89. The van der Waals surface area contributed by atoms with E-state index in [0.29, 0.717) is 18.7 Å². The van der Waals surface area contributed by atoms with Crippen molar-refractivity contribution in [2.75, 3.05) is 20.3 Å². The number of amides is 2. The molecule has 0 fully saturated rings. The average Bonchev–Trinajstić information content (AvgIpc) is 2.89. The van der Waals surface area contributed by atoms with Crippen molar-refractivity contribution in [1.29, 1.82) is 0 Å². The molecule has 0 aliphatic heterocycles. The average molecular weight is 475 g/mol. The maximum absolute atomic E-state index is 12.7. The molecule has 2 amide bonds. The Labute approximate surface area is 205 Å². The number of carbonyl (C=O) groups is 3. The van der Waals surface area contributed by atoms with Gasteiger partial charge in [-0.1, -0.05) is 60.7 Å². The Morgan fingerprint density at radius 2 is 1.51 bits per heavy atom. The molecule has 3 rings (SSSR count). The highest BCUT2D eigenvalue weighted by Crippen LogP contribution is 2.18. The molecule has 0 aromatic heterocycles. The van der Waals surface area contributed by atoms with E-state index in [9.17, 15) is 14.4 Å². The lowest BCUT2D eigenvalue weighted by atomic mass is 10.0. The van der Waals surface area contributed by atoms with Crippen LogP contribution in [0.3, 0.4) is 0 Å². The van der Waals surface area contributed by atoms with E-state index >= 15 is 0 Å². The number of ether oxygens (including phenoxy) is 2. The molecule has 0 saturated carbocycles. The lowest BCUT2D eigenvalue weighted by Crippen LogP contribution is -2.33. The molecule has 0 bridgehead atoms. The normalized spacial score (nSPS) is 11.3. The van der Waals surface area contributed by atoms with Crippen molar-refractivity contribution < 1.29 is 23.9 Å². The number of carbonyl (C=O) groups excluding carboxylic acids is 3. The summed E-state index contributed by atoms with van der Waals surface area (Å²) >= 11 is 0. The number of likely N-dealkylation sites (N-methyl/N-ethyl adjacent to an activating group) is 1. The minimum Gasteiger partial charge on any atom is -0.494 e. The highest BCUT2D eigenvalue weighted by molar-refractivity contribution is 5.94. The summed E-state index contributed by atoms with van der Waals surface area (Å²) in [6.07, 6.45) is -0.0987. The van der Waals surface area contributed by atoms with Gasteiger partial charge in [0.1, 0.15) is 5.75 Å². The molecule has 0 aliphatic carbocycles. The van der Waals surface area contributed by atoms with Crippen molar-refractivity contribution in [3.05, 3.63) is 102 Å². The Balaban J connectivity index is 1.54. The maximum atomic E-state index is 12.7. The van der Waals surface area contributed by atoms with Gasteiger partial charge in [-0.25, -0.2) is 0 Å². The largest absolute Gasteiger partial charge is 0.494 e. The van der Waals surface area contributed by atoms with Crippen molar-refractivity contribution in [3.8, 4) is 5.75 Å². The Morgan fingerprint density at radius 3 is 2.14 bits per heavy atom. The first-order valence-corrected chi connectivity index (χ1v) is 11.5. The molecule has 3 aromatic carbocycles. The minimum absolute atomic E-state index is 0.0987. The maximum Gasteiger partial charge on any atom is 0.308 e. The van der Waals surface area contributed by atoms with Gasteiger partial charge >= 0.3 is 5.97 Å². The van der Waals surface area contributed by atoms with Crippen molar-refractivity contribution >= 4 is 17.8 Å². The fourth-order valence-corrected chi connectivity index (χ4v) is 3.47. The van der Waals surface area contributed by atoms with Crippen LogP contribution in [0.5, 0.6) is 5.75 Å². The fourth-order valence-electron chi connectivity index (χ4n) is 3.47. The molecule has 1 atom stereocenters. The van der Waals surface area contributed by atoms with Crippen molar-refractivity contribution in [3.63, 3.8) is 0 Å². The summed E-state index contributed by atoms with van der Waals surface area (Å²) in [5.74, 6) is -0.420. The van der Waals surface area contributed by atoms with Crippen LogP contribution in [0.15, 0.2) is 84.9 Å². The number of hydrogen-bond acceptors (Lipinski definition) is 5. The molecule has 0 saturated heterocycles. The lowest BCUT2D eigenvalue weighted by Gasteiger charge is -2.20. The minimum atomic E-state index is -0.590. The van der Waals surface area contributed by atoms with E-state index in [0.717, 1.165) is 16.9 Å². The summed E-state index contributed by atoms with van der Waals surface area (Å²) in [6.45, 7) is 2.51. The quantitative estimate of drug-likeness (QED) is 0.422. The zero-order chi connectivity index (χ0) is 25.0. The first kappa shape index (κ1) is 25.5. The van der Waals surface area contributed by atoms with Gasteiger partial charge in [-0.2, -0.15) is 0 Å². The Hall–Kier alpha value is -4.13. The molecule has 0 aliphatic rings. The number of esters is 1. The van der Waals surface area contributed by atoms with Gasteiger partial charge in [0.15, 0.2) is 6.61 Å². The number of rotatable bonds is 11. The van der Waals surface area contributed by atoms with Gasteiger partial charge in [-0.3, -0.25) is 14.4 Å². The highest BCUT2D eigenvalue weighted by Gasteiger charge is 2.21. The second-order valence-corrected chi connectivity index (χ2v) is 7.99. The van der Waals surface area contributed by atoms with E-state index in [1.54, 1.807) is 31.3 Å².